The van der Waals surface area contributed by atoms with E-state index in [9.17, 15) is 9.90 Å². The first-order valence-electron chi connectivity index (χ1n) is 8.34. The van der Waals surface area contributed by atoms with Gasteiger partial charge >= 0.3 is 6.09 Å². The molecule has 1 unspecified atom stereocenters. The summed E-state index contributed by atoms with van der Waals surface area (Å²) in [6, 6.07) is 3.82. The van der Waals surface area contributed by atoms with Crippen LogP contribution < -0.4 is 10.6 Å². The summed E-state index contributed by atoms with van der Waals surface area (Å²) in [4.78, 5) is 18.5. The Hall–Kier alpha value is -1.51. The molecule has 2 rings (SSSR count). The number of methoxy groups -OCH3 is 1. The average Bonchev–Trinajstić information content (AvgIpc) is 3.06. The molecule has 25 heavy (non-hydrogen) atoms. The highest BCUT2D eigenvalue weighted by Gasteiger charge is 2.23. The molecular weight excluding hydrogens is 364 g/mol. The maximum absolute atomic E-state index is 11.5. The third-order valence-corrected chi connectivity index (χ3v) is 5.29. The number of guanidine groups is 1. The molecule has 0 spiro atoms. The van der Waals surface area contributed by atoms with Crippen molar-refractivity contribution in [2.24, 2.45) is 4.99 Å². The zero-order valence-corrected chi connectivity index (χ0v) is 16.1. The summed E-state index contributed by atoms with van der Waals surface area (Å²) in [5.41, 5.74) is 0. The van der Waals surface area contributed by atoms with Crippen molar-refractivity contribution < 1.29 is 14.6 Å². The molecule has 1 fully saturated rings. The van der Waals surface area contributed by atoms with E-state index in [0.29, 0.717) is 23.4 Å². The van der Waals surface area contributed by atoms with E-state index in [1.807, 2.05) is 13.0 Å². The average molecular weight is 389 g/mol. The first-order valence-corrected chi connectivity index (χ1v) is 9.54. The number of halogens is 1. The van der Waals surface area contributed by atoms with Crippen LogP contribution in [0.2, 0.25) is 4.34 Å². The molecule has 1 aliphatic heterocycles. The largest absolute Gasteiger partial charge is 0.453 e. The van der Waals surface area contributed by atoms with Crippen LogP contribution in [0.5, 0.6) is 0 Å². The van der Waals surface area contributed by atoms with E-state index in [-0.39, 0.29) is 18.7 Å². The van der Waals surface area contributed by atoms with Crippen molar-refractivity contribution in [1.82, 2.24) is 15.5 Å². The number of aliphatic imine (C=N–C) groups is 1. The molecule has 2 heterocycles. The number of amides is 1. The molecule has 7 nitrogen and oxygen atoms in total. The van der Waals surface area contributed by atoms with E-state index in [1.54, 1.807) is 11.0 Å². The second kappa shape index (κ2) is 9.84. The Balaban J connectivity index is 1.86. The zero-order valence-electron chi connectivity index (χ0n) is 14.5. The summed E-state index contributed by atoms with van der Waals surface area (Å²) in [6.07, 6.45) is 0.691. The van der Waals surface area contributed by atoms with Crippen LogP contribution in [0, 0.1) is 0 Å². The molecule has 1 atom stereocenters. The highest BCUT2D eigenvalue weighted by atomic mass is 35.5. The lowest BCUT2D eigenvalue weighted by Gasteiger charge is -2.32. The third kappa shape index (κ3) is 6.05. The molecule has 0 aliphatic carbocycles. The second-order valence-electron chi connectivity index (χ2n) is 5.75. The first-order chi connectivity index (χ1) is 12.0. The van der Waals surface area contributed by atoms with E-state index in [0.717, 1.165) is 24.3 Å². The second-order valence-corrected chi connectivity index (χ2v) is 7.50. The Morgan fingerprint density at radius 3 is 2.80 bits per heavy atom. The van der Waals surface area contributed by atoms with Crippen molar-refractivity contribution in [3.8, 4) is 0 Å². The number of aliphatic hydroxyl groups excluding tert-OH is 1. The van der Waals surface area contributed by atoms with Gasteiger partial charge in [0.1, 0.15) is 6.10 Å². The van der Waals surface area contributed by atoms with Crippen LogP contribution in [0.1, 0.15) is 30.7 Å². The fraction of sp³-hybridized carbons (Fsp3) is 0.625. The van der Waals surface area contributed by atoms with Gasteiger partial charge in [0.25, 0.3) is 0 Å². The predicted octanol–water partition coefficient (Wildman–Crippen LogP) is 2.22. The molecule has 1 aromatic heterocycles. The Kier molecular flexibility index (Phi) is 7.80. The monoisotopic (exact) mass is 388 g/mol. The molecule has 0 saturated carbocycles. The summed E-state index contributed by atoms with van der Waals surface area (Å²) >= 11 is 7.26. The van der Waals surface area contributed by atoms with E-state index >= 15 is 0 Å². The van der Waals surface area contributed by atoms with E-state index < -0.39 is 6.10 Å². The molecule has 1 aliphatic rings. The zero-order chi connectivity index (χ0) is 18.2. The van der Waals surface area contributed by atoms with Crippen molar-refractivity contribution in [3.05, 3.63) is 21.3 Å². The normalized spacial score (nSPS) is 17.3. The predicted molar refractivity (Wildman–Crippen MR) is 100 cm³/mol. The van der Waals surface area contributed by atoms with Gasteiger partial charge < -0.3 is 25.4 Å². The number of rotatable bonds is 5. The van der Waals surface area contributed by atoms with Gasteiger partial charge in [0.2, 0.25) is 0 Å². The lowest BCUT2D eigenvalue weighted by Crippen LogP contribution is -2.49. The number of likely N-dealkylation sites (tertiary alicyclic amines) is 1. The van der Waals surface area contributed by atoms with Crippen LogP contribution in [0.25, 0.3) is 0 Å². The number of hydrogen-bond acceptors (Lipinski definition) is 5. The lowest BCUT2D eigenvalue weighted by atomic mass is 10.1. The maximum Gasteiger partial charge on any atom is 0.409 e. The number of nitrogens with zero attached hydrogens (tertiary/aromatic N) is 2. The first kappa shape index (κ1) is 19.8. The van der Waals surface area contributed by atoms with Gasteiger partial charge in [-0.2, -0.15) is 0 Å². The number of carbonyl (C=O) groups is 1. The van der Waals surface area contributed by atoms with Crippen LogP contribution >= 0.6 is 22.9 Å². The Labute approximate surface area is 157 Å². The Morgan fingerprint density at radius 2 is 2.24 bits per heavy atom. The van der Waals surface area contributed by atoms with Crippen molar-refractivity contribution >= 4 is 35.0 Å². The number of thiophene rings is 1. The van der Waals surface area contributed by atoms with Gasteiger partial charge in [0.15, 0.2) is 5.96 Å². The molecule has 0 aromatic carbocycles. The topological polar surface area (TPSA) is 86.2 Å². The molecule has 1 aromatic rings. The van der Waals surface area contributed by atoms with Crippen LogP contribution in [0.15, 0.2) is 17.1 Å². The number of hydrogen-bond donors (Lipinski definition) is 3. The summed E-state index contributed by atoms with van der Waals surface area (Å²) in [5.74, 6) is 0.667. The third-order valence-electron chi connectivity index (χ3n) is 3.96. The standard InChI is InChI=1S/C16H25ClN4O3S/c1-3-18-15(19-10-12(22)13-4-5-14(17)25-13)20-11-6-8-21(9-7-11)16(23)24-2/h4-5,11-12,22H,3,6-10H2,1-2H3,(H2,18,19,20). The number of ether oxygens (including phenoxy) is 1. The fourth-order valence-corrected chi connectivity index (χ4v) is 3.66. The molecule has 0 bridgehead atoms. The summed E-state index contributed by atoms with van der Waals surface area (Å²) < 4.78 is 5.40. The molecular formula is C16H25ClN4O3S. The highest BCUT2D eigenvalue weighted by molar-refractivity contribution is 7.16. The van der Waals surface area contributed by atoms with Gasteiger partial charge in [-0.25, -0.2) is 4.79 Å². The van der Waals surface area contributed by atoms with Crippen molar-refractivity contribution in [3.63, 3.8) is 0 Å². The number of piperidine rings is 1. The van der Waals surface area contributed by atoms with Gasteiger partial charge in [-0.05, 0) is 31.9 Å². The van der Waals surface area contributed by atoms with Crippen molar-refractivity contribution in [1.29, 1.82) is 0 Å². The fourth-order valence-electron chi connectivity index (χ4n) is 2.62. The smallest absolute Gasteiger partial charge is 0.409 e. The minimum atomic E-state index is -0.672. The summed E-state index contributed by atoms with van der Waals surface area (Å²) in [5, 5.41) is 16.8. The van der Waals surface area contributed by atoms with Crippen LogP contribution in [-0.2, 0) is 4.74 Å². The van der Waals surface area contributed by atoms with Crippen molar-refractivity contribution in [2.75, 3.05) is 33.3 Å². The van der Waals surface area contributed by atoms with Gasteiger partial charge in [0, 0.05) is 30.6 Å². The van der Waals surface area contributed by atoms with E-state index in [4.69, 9.17) is 16.3 Å². The number of nitrogens with one attached hydrogen (secondary N) is 2. The van der Waals surface area contributed by atoms with E-state index in [2.05, 4.69) is 15.6 Å². The SMILES string of the molecule is CCNC(=NCC(O)c1ccc(Cl)s1)NC1CCN(C(=O)OC)CC1. The van der Waals surface area contributed by atoms with Gasteiger partial charge in [-0.15, -0.1) is 11.3 Å². The molecule has 3 N–H and O–H groups in total. The minimum Gasteiger partial charge on any atom is -0.453 e. The van der Waals surface area contributed by atoms with Gasteiger partial charge in [0.05, 0.1) is 18.0 Å². The van der Waals surface area contributed by atoms with Crippen molar-refractivity contribution in [2.45, 2.75) is 31.9 Å². The Bertz CT molecular complexity index is 588. The van der Waals surface area contributed by atoms with Crippen LogP contribution in [-0.4, -0.2) is 61.4 Å². The Morgan fingerprint density at radius 1 is 1.52 bits per heavy atom. The molecule has 0 radical (unpaired) electrons. The molecule has 9 heteroatoms. The summed E-state index contributed by atoms with van der Waals surface area (Å²) in [6.45, 7) is 4.29. The van der Waals surface area contributed by atoms with Crippen LogP contribution in [0.3, 0.4) is 0 Å². The molecule has 1 amide bonds. The highest BCUT2D eigenvalue weighted by Crippen LogP contribution is 2.26. The molecule has 1 saturated heterocycles. The quantitative estimate of drug-likeness (QED) is 0.532. The number of aliphatic hydroxyl groups is 1. The maximum atomic E-state index is 11.5. The lowest BCUT2D eigenvalue weighted by molar-refractivity contribution is 0.111. The summed E-state index contributed by atoms with van der Waals surface area (Å²) in [7, 11) is 1.40. The van der Waals surface area contributed by atoms with Gasteiger partial charge in [-0.3, -0.25) is 4.99 Å². The van der Waals surface area contributed by atoms with Crippen LogP contribution in [0.4, 0.5) is 4.79 Å². The number of carbonyl (C=O) groups excluding carboxylic acids is 1. The minimum absolute atomic E-state index is 0.229. The molecule has 140 valence electrons. The van der Waals surface area contributed by atoms with Gasteiger partial charge in [-0.1, -0.05) is 11.6 Å². The van der Waals surface area contributed by atoms with E-state index in [1.165, 1.54) is 18.4 Å².